The number of nitrogens with one attached hydrogen (secondary N) is 1. The average Bonchev–Trinajstić information content (AvgIpc) is 2.53. The van der Waals surface area contributed by atoms with Crippen LogP contribution in [0.2, 0.25) is 0 Å². The van der Waals surface area contributed by atoms with Crippen molar-refractivity contribution in [2.75, 3.05) is 39.3 Å². The van der Waals surface area contributed by atoms with E-state index < -0.39 is 11.1 Å². The molecule has 7 heteroatoms. The topological polar surface area (TPSA) is 87.9 Å². The molecular weight excluding hydrogens is 272 g/mol. The van der Waals surface area contributed by atoms with Crippen LogP contribution in [-0.4, -0.2) is 72.2 Å². The first kappa shape index (κ1) is 16.0. The maximum Gasteiger partial charge on any atom is 0.410 e. The average molecular weight is 298 g/mol. The van der Waals surface area contributed by atoms with Gasteiger partial charge in [-0.1, -0.05) is 0 Å². The Balaban J connectivity index is 2.00. The number of hydrogen-bond donors (Lipinski definition) is 2. The van der Waals surface area contributed by atoms with Crippen LogP contribution in [0.4, 0.5) is 4.79 Å². The number of primary amides is 1. The highest BCUT2D eigenvalue weighted by atomic mass is 16.6. The molecule has 0 unspecified atom stereocenters. The zero-order chi connectivity index (χ0) is 15.7. The SMILES string of the molecule is CC(C)(C)OC(=O)N1CC(C(N)=O)(N2CCCNCC2)C1. The zero-order valence-corrected chi connectivity index (χ0v) is 13.1. The van der Waals surface area contributed by atoms with Crippen LogP contribution in [0.1, 0.15) is 27.2 Å². The molecule has 2 amide bonds. The van der Waals surface area contributed by atoms with Crippen LogP contribution >= 0.6 is 0 Å². The van der Waals surface area contributed by atoms with Crippen molar-refractivity contribution in [3.63, 3.8) is 0 Å². The van der Waals surface area contributed by atoms with E-state index in [4.69, 9.17) is 10.5 Å². The van der Waals surface area contributed by atoms with E-state index >= 15 is 0 Å². The predicted molar refractivity (Wildman–Crippen MR) is 78.8 cm³/mol. The van der Waals surface area contributed by atoms with E-state index in [1.54, 1.807) is 4.90 Å². The zero-order valence-electron chi connectivity index (χ0n) is 13.1. The molecule has 2 fully saturated rings. The summed E-state index contributed by atoms with van der Waals surface area (Å²) in [6, 6.07) is 0. The van der Waals surface area contributed by atoms with Crippen molar-refractivity contribution in [1.29, 1.82) is 0 Å². The lowest BCUT2D eigenvalue weighted by Crippen LogP contribution is -2.76. The lowest BCUT2D eigenvalue weighted by atomic mass is 9.86. The van der Waals surface area contributed by atoms with Gasteiger partial charge in [-0.2, -0.15) is 0 Å². The number of carbonyl (C=O) groups excluding carboxylic acids is 2. The molecular formula is C14H26N4O3. The molecule has 3 N–H and O–H groups in total. The van der Waals surface area contributed by atoms with Crippen molar-refractivity contribution in [2.24, 2.45) is 5.73 Å². The fourth-order valence-corrected chi connectivity index (χ4v) is 2.83. The van der Waals surface area contributed by atoms with Crippen LogP contribution in [0.15, 0.2) is 0 Å². The normalized spacial score (nSPS) is 23.1. The first-order valence-corrected chi connectivity index (χ1v) is 7.48. The van der Waals surface area contributed by atoms with Gasteiger partial charge in [0, 0.05) is 19.6 Å². The Morgan fingerprint density at radius 3 is 2.43 bits per heavy atom. The number of nitrogens with two attached hydrogens (primary N) is 1. The molecule has 7 nitrogen and oxygen atoms in total. The van der Waals surface area contributed by atoms with Crippen molar-refractivity contribution in [2.45, 2.75) is 38.3 Å². The second-order valence-corrected chi connectivity index (χ2v) is 6.82. The van der Waals surface area contributed by atoms with Crippen LogP contribution in [-0.2, 0) is 9.53 Å². The summed E-state index contributed by atoms with van der Waals surface area (Å²) in [4.78, 5) is 27.6. The van der Waals surface area contributed by atoms with Crippen LogP contribution < -0.4 is 11.1 Å². The summed E-state index contributed by atoms with van der Waals surface area (Å²) >= 11 is 0. The molecule has 0 aromatic rings. The third-order valence-corrected chi connectivity index (χ3v) is 3.96. The van der Waals surface area contributed by atoms with Crippen molar-refractivity contribution >= 4 is 12.0 Å². The Labute approximate surface area is 125 Å². The highest BCUT2D eigenvalue weighted by Crippen LogP contribution is 2.29. The van der Waals surface area contributed by atoms with Crippen LogP contribution in [0.25, 0.3) is 0 Å². The number of hydrogen-bond acceptors (Lipinski definition) is 5. The van der Waals surface area contributed by atoms with Crippen molar-refractivity contribution < 1.29 is 14.3 Å². The van der Waals surface area contributed by atoms with Gasteiger partial charge in [0.25, 0.3) is 0 Å². The fourth-order valence-electron chi connectivity index (χ4n) is 2.83. The minimum atomic E-state index is -0.733. The third-order valence-electron chi connectivity index (χ3n) is 3.96. The van der Waals surface area contributed by atoms with Gasteiger partial charge >= 0.3 is 6.09 Å². The number of carbonyl (C=O) groups is 2. The second kappa shape index (κ2) is 5.81. The minimum absolute atomic E-state index is 0.317. The largest absolute Gasteiger partial charge is 0.444 e. The molecule has 2 heterocycles. The van der Waals surface area contributed by atoms with Crippen LogP contribution in [0, 0.1) is 0 Å². The predicted octanol–water partition coefficient (Wildman–Crippen LogP) is -0.243. The summed E-state index contributed by atoms with van der Waals surface area (Å²) in [5.41, 5.74) is 4.36. The molecule has 0 saturated carbocycles. The van der Waals surface area contributed by atoms with E-state index in [-0.39, 0.29) is 12.0 Å². The van der Waals surface area contributed by atoms with Crippen molar-refractivity contribution in [1.82, 2.24) is 15.1 Å². The first-order valence-electron chi connectivity index (χ1n) is 7.48. The van der Waals surface area contributed by atoms with Crippen LogP contribution in [0.3, 0.4) is 0 Å². The molecule has 0 bridgehead atoms. The molecule has 0 aromatic carbocycles. The summed E-state index contributed by atoms with van der Waals surface area (Å²) in [5, 5.41) is 3.30. The van der Waals surface area contributed by atoms with Gasteiger partial charge < -0.3 is 20.7 Å². The maximum atomic E-state index is 12.0. The highest BCUT2D eigenvalue weighted by molar-refractivity contribution is 5.89. The standard InChI is InChI=1S/C14H26N4O3/c1-13(2,3)21-12(20)17-9-14(10-17,11(15)19)18-7-4-5-16-6-8-18/h16H,4-10H2,1-3H3,(H2,15,19). The summed E-state index contributed by atoms with van der Waals surface area (Å²) in [6.45, 7) is 9.48. The van der Waals surface area contributed by atoms with Crippen LogP contribution in [0.5, 0.6) is 0 Å². The van der Waals surface area contributed by atoms with Gasteiger partial charge in [0.15, 0.2) is 0 Å². The van der Waals surface area contributed by atoms with E-state index in [0.717, 1.165) is 32.6 Å². The molecule has 0 atom stereocenters. The molecule has 2 saturated heterocycles. The van der Waals surface area contributed by atoms with Gasteiger partial charge in [-0.25, -0.2) is 4.79 Å². The van der Waals surface area contributed by atoms with E-state index in [1.165, 1.54) is 0 Å². The molecule has 0 radical (unpaired) electrons. The molecule has 120 valence electrons. The first-order chi connectivity index (χ1) is 9.74. The van der Waals surface area contributed by atoms with Gasteiger partial charge in [0.2, 0.25) is 5.91 Å². The third kappa shape index (κ3) is 3.47. The summed E-state index contributed by atoms with van der Waals surface area (Å²) in [5.74, 6) is -0.357. The van der Waals surface area contributed by atoms with Crippen molar-refractivity contribution in [3.05, 3.63) is 0 Å². The van der Waals surface area contributed by atoms with E-state index in [0.29, 0.717) is 13.1 Å². The van der Waals surface area contributed by atoms with Gasteiger partial charge in [0.05, 0.1) is 13.1 Å². The lowest BCUT2D eigenvalue weighted by molar-refractivity contribution is -0.142. The molecule has 0 spiro atoms. The summed E-state index contributed by atoms with van der Waals surface area (Å²) in [7, 11) is 0. The maximum absolute atomic E-state index is 12.0. The Morgan fingerprint density at radius 1 is 1.19 bits per heavy atom. The number of nitrogens with zero attached hydrogens (tertiary/aromatic N) is 2. The fraction of sp³-hybridized carbons (Fsp3) is 0.857. The summed E-state index contributed by atoms with van der Waals surface area (Å²) in [6.07, 6.45) is 0.592. The van der Waals surface area contributed by atoms with Gasteiger partial charge in [-0.3, -0.25) is 9.69 Å². The monoisotopic (exact) mass is 298 g/mol. The minimum Gasteiger partial charge on any atom is -0.444 e. The van der Waals surface area contributed by atoms with Gasteiger partial charge in [-0.05, 0) is 33.7 Å². The Hall–Kier alpha value is -1.34. The summed E-state index contributed by atoms with van der Waals surface area (Å²) < 4.78 is 5.33. The highest BCUT2D eigenvalue weighted by Gasteiger charge is 2.54. The number of ether oxygens (including phenoxy) is 1. The number of amides is 2. The number of rotatable bonds is 2. The quantitative estimate of drug-likeness (QED) is 0.734. The smallest absolute Gasteiger partial charge is 0.410 e. The van der Waals surface area contributed by atoms with Gasteiger partial charge in [-0.15, -0.1) is 0 Å². The van der Waals surface area contributed by atoms with E-state index in [1.807, 2.05) is 20.8 Å². The Morgan fingerprint density at radius 2 is 1.86 bits per heavy atom. The molecule has 2 rings (SSSR count). The van der Waals surface area contributed by atoms with E-state index in [2.05, 4.69) is 10.2 Å². The Bertz CT molecular complexity index is 405. The molecule has 0 aromatic heterocycles. The Kier molecular flexibility index (Phi) is 4.43. The lowest BCUT2D eigenvalue weighted by Gasteiger charge is -2.53. The van der Waals surface area contributed by atoms with Crippen molar-refractivity contribution in [3.8, 4) is 0 Å². The molecule has 21 heavy (non-hydrogen) atoms. The van der Waals surface area contributed by atoms with Gasteiger partial charge in [0.1, 0.15) is 11.1 Å². The molecule has 2 aliphatic rings. The molecule has 2 aliphatic heterocycles. The molecule has 0 aliphatic carbocycles. The number of likely N-dealkylation sites (tertiary alicyclic amines) is 1. The second-order valence-electron chi connectivity index (χ2n) is 6.82. The van der Waals surface area contributed by atoms with E-state index in [9.17, 15) is 9.59 Å².